The zero-order valence-electron chi connectivity index (χ0n) is 14.1. The van der Waals surface area contributed by atoms with Gasteiger partial charge >= 0.3 is 0 Å². The minimum absolute atomic E-state index is 0.159. The Labute approximate surface area is 137 Å². The first-order valence-electron chi connectivity index (χ1n) is 8.45. The molecule has 2 bridgehead atoms. The van der Waals surface area contributed by atoms with Gasteiger partial charge in [-0.2, -0.15) is 0 Å². The summed E-state index contributed by atoms with van der Waals surface area (Å²) in [6.45, 7) is 8.75. The van der Waals surface area contributed by atoms with E-state index in [1.165, 1.54) is 41.5 Å². The molecule has 5 heteroatoms. The summed E-state index contributed by atoms with van der Waals surface area (Å²) in [6.07, 6.45) is 3.04. The molecule has 3 fully saturated rings. The van der Waals surface area contributed by atoms with Crippen molar-refractivity contribution in [2.75, 3.05) is 33.7 Å². The number of likely N-dealkylation sites (tertiary alicyclic amines) is 1. The van der Waals surface area contributed by atoms with Crippen LogP contribution in [0.25, 0.3) is 0 Å². The third kappa shape index (κ3) is 2.33. The third-order valence-corrected chi connectivity index (χ3v) is 6.92. The van der Waals surface area contributed by atoms with Crippen LogP contribution in [0.15, 0.2) is 0 Å². The molecule has 0 amide bonds. The summed E-state index contributed by atoms with van der Waals surface area (Å²) in [4.78, 5) is 11.0. The van der Waals surface area contributed by atoms with Gasteiger partial charge in [-0.15, -0.1) is 11.3 Å². The Kier molecular flexibility index (Phi) is 3.60. The van der Waals surface area contributed by atoms with Crippen LogP contribution in [-0.4, -0.2) is 60.2 Å². The van der Waals surface area contributed by atoms with Gasteiger partial charge < -0.3 is 9.64 Å². The monoisotopic (exact) mass is 321 g/mol. The molecule has 0 saturated carbocycles. The Bertz CT molecular complexity index is 553. The van der Waals surface area contributed by atoms with Gasteiger partial charge in [-0.1, -0.05) is 0 Å². The Balaban J connectivity index is 1.48. The lowest BCUT2D eigenvalue weighted by molar-refractivity contribution is 0.00145. The zero-order valence-corrected chi connectivity index (χ0v) is 14.9. The van der Waals surface area contributed by atoms with Crippen molar-refractivity contribution < 1.29 is 4.74 Å². The minimum Gasteiger partial charge on any atom is -0.370 e. The van der Waals surface area contributed by atoms with Gasteiger partial charge in [0.05, 0.1) is 23.9 Å². The zero-order chi connectivity index (χ0) is 15.5. The summed E-state index contributed by atoms with van der Waals surface area (Å²) in [5.74, 6) is 1.43. The van der Waals surface area contributed by atoms with Gasteiger partial charge in [0.25, 0.3) is 0 Å². The molecular weight excluding hydrogens is 294 g/mol. The molecule has 4 rings (SSSR count). The van der Waals surface area contributed by atoms with Crippen LogP contribution in [-0.2, 0) is 11.3 Å². The standard InChI is InChI=1S/C17H27N3OS/c1-11-12(2)22-16(18-11)9-20-8-14-13(7-19(3)4)15-5-6-17(14,10-20)21-15/h13-15H,5-10H2,1-4H3/t13-,14+,15+,17+/m0/s1. The molecule has 0 aliphatic carbocycles. The summed E-state index contributed by atoms with van der Waals surface area (Å²) in [6, 6.07) is 0. The van der Waals surface area contributed by atoms with Crippen LogP contribution in [0.5, 0.6) is 0 Å². The Morgan fingerprint density at radius 2 is 2.23 bits per heavy atom. The Morgan fingerprint density at radius 1 is 1.41 bits per heavy atom. The molecule has 122 valence electrons. The molecule has 4 nitrogen and oxygen atoms in total. The van der Waals surface area contributed by atoms with Crippen molar-refractivity contribution in [1.82, 2.24) is 14.8 Å². The molecule has 4 atom stereocenters. The number of thiazole rings is 1. The largest absolute Gasteiger partial charge is 0.370 e. The smallest absolute Gasteiger partial charge is 0.107 e. The van der Waals surface area contributed by atoms with E-state index in [1.54, 1.807) is 0 Å². The van der Waals surface area contributed by atoms with Crippen LogP contribution in [0.1, 0.15) is 28.4 Å². The summed E-state index contributed by atoms with van der Waals surface area (Å²) in [7, 11) is 4.37. The Morgan fingerprint density at radius 3 is 2.91 bits per heavy atom. The second kappa shape index (κ2) is 5.26. The summed E-state index contributed by atoms with van der Waals surface area (Å²) in [5, 5.41) is 1.27. The van der Waals surface area contributed by atoms with E-state index in [9.17, 15) is 0 Å². The van der Waals surface area contributed by atoms with Crippen molar-refractivity contribution >= 4 is 11.3 Å². The van der Waals surface area contributed by atoms with Gasteiger partial charge in [-0.05, 0) is 40.8 Å². The number of ether oxygens (including phenoxy) is 1. The molecule has 3 aliphatic rings. The van der Waals surface area contributed by atoms with Crippen LogP contribution in [0.2, 0.25) is 0 Å². The number of hydrogen-bond acceptors (Lipinski definition) is 5. The van der Waals surface area contributed by atoms with Crippen molar-refractivity contribution in [1.29, 1.82) is 0 Å². The lowest BCUT2D eigenvalue weighted by Crippen LogP contribution is -2.40. The van der Waals surface area contributed by atoms with Crippen molar-refractivity contribution in [2.45, 2.75) is 44.9 Å². The first-order chi connectivity index (χ1) is 10.5. The number of nitrogens with zero attached hydrogens (tertiary/aromatic N) is 3. The molecule has 4 heterocycles. The molecule has 1 spiro atoms. The highest BCUT2D eigenvalue weighted by Gasteiger charge is 2.62. The van der Waals surface area contributed by atoms with E-state index >= 15 is 0 Å². The number of rotatable bonds is 4. The highest BCUT2D eigenvalue weighted by Crippen LogP contribution is 2.55. The van der Waals surface area contributed by atoms with Gasteiger partial charge in [0.1, 0.15) is 5.01 Å². The van der Waals surface area contributed by atoms with Gasteiger partial charge in [0, 0.05) is 36.3 Å². The minimum atomic E-state index is 0.159. The normalized spacial score (nSPS) is 37.4. The number of aryl methyl sites for hydroxylation is 2. The predicted molar refractivity (Wildman–Crippen MR) is 89.2 cm³/mol. The maximum Gasteiger partial charge on any atom is 0.107 e. The first kappa shape index (κ1) is 15.1. The predicted octanol–water partition coefficient (Wildman–Crippen LogP) is 2.30. The summed E-state index contributed by atoms with van der Waals surface area (Å²) in [5.41, 5.74) is 1.35. The van der Waals surface area contributed by atoms with E-state index in [4.69, 9.17) is 9.72 Å². The maximum atomic E-state index is 6.51. The second-order valence-electron chi connectivity index (χ2n) is 7.71. The fourth-order valence-corrected chi connectivity index (χ4v) is 5.85. The molecular formula is C17H27N3OS. The van der Waals surface area contributed by atoms with Crippen molar-refractivity contribution in [3.05, 3.63) is 15.6 Å². The van der Waals surface area contributed by atoms with Gasteiger partial charge in [-0.25, -0.2) is 4.98 Å². The fraction of sp³-hybridized carbons (Fsp3) is 0.824. The second-order valence-corrected chi connectivity index (χ2v) is 9.00. The number of hydrogen-bond donors (Lipinski definition) is 0. The fourth-order valence-electron chi connectivity index (χ4n) is 4.87. The van der Waals surface area contributed by atoms with Crippen LogP contribution in [0.3, 0.4) is 0 Å². The number of aromatic nitrogens is 1. The molecule has 3 aliphatic heterocycles. The molecule has 3 saturated heterocycles. The maximum absolute atomic E-state index is 6.51. The average Bonchev–Trinajstić information content (AvgIpc) is 3.13. The topological polar surface area (TPSA) is 28.6 Å². The SMILES string of the molecule is Cc1nc(CN2C[C@@H]3[C@H](CN(C)C)[C@H]4CC[C@]3(C2)O4)sc1C. The van der Waals surface area contributed by atoms with Gasteiger partial charge in [0.15, 0.2) is 0 Å². The van der Waals surface area contributed by atoms with Crippen LogP contribution in [0, 0.1) is 25.7 Å². The lowest BCUT2D eigenvalue weighted by Gasteiger charge is -2.31. The molecule has 0 N–H and O–H groups in total. The molecule has 22 heavy (non-hydrogen) atoms. The van der Waals surface area contributed by atoms with Gasteiger partial charge in [0.2, 0.25) is 0 Å². The van der Waals surface area contributed by atoms with Crippen LogP contribution >= 0.6 is 11.3 Å². The summed E-state index contributed by atoms with van der Waals surface area (Å²) < 4.78 is 6.51. The van der Waals surface area contributed by atoms with E-state index in [1.807, 2.05) is 11.3 Å². The molecule has 0 unspecified atom stereocenters. The van der Waals surface area contributed by atoms with Gasteiger partial charge in [-0.3, -0.25) is 4.90 Å². The molecule has 1 aromatic heterocycles. The first-order valence-corrected chi connectivity index (χ1v) is 9.26. The van der Waals surface area contributed by atoms with Crippen LogP contribution < -0.4 is 0 Å². The molecule has 0 aromatic carbocycles. The van der Waals surface area contributed by atoms with E-state index in [0.717, 1.165) is 19.0 Å². The summed E-state index contributed by atoms with van der Waals surface area (Å²) >= 11 is 1.86. The van der Waals surface area contributed by atoms with E-state index in [-0.39, 0.29) is 5.60 Å². The lowest BCUT2D eigenvalue weighted by atomic mass is 9.73. The highest BCUT2D eigenvalue weighted by atomic mass is 32.1. The molecule has 1 aromatic rings. The number of fused-ring (bicyclic) bond motifs is 1. The van der Waals surface area contributed by atoms with E-state index in [0.29, 0.717) is 12.0 Å². The van der Waals surface area contributed by atoms with E-state index < -0.39 is 0 Å². The molecule has 0 radical (unpaired) electrons. The van der Waals surface area contributed by atoms with Crippen LogP contribution in [0.4, 0.5) is 0 Å². The van der Waals surface area contributed by atoms with Crippen molar-refractivity contribution in [2.24, 2.45) is 11.8 Å². The highest BCUT2D eigenvalue weighted by molar-refractivity contribution is 7.11. The van der Waals surface area contributed by atoms with Crippen molar-refractivity contribution in [3.63, 3.8) is 0 Å². The quantitative estimate of drug-likeness (QED) is 0.851. The Hall–Kier alpha value is -0.490. The average molecular weight is 321 g/mol. The van der Waals surface area contributed by atoms with Crippen molar-refractivity contribution in [3.8, 4) is 0 Å². The van der Waals surface area contributed by atoms with E-state index in [2.05, 4.69) is 37.7 Å². The third-order valence-electron chi connectivity index (χ3n) is 5.86.